The van der Waals surface area contributed by atoms with Gasteiger partial charge in [0.15, 0.2) is 0 Å². The van der Waals surface area contributed by atoms with E-state index in [1.165, 1.54) is 11.1 Å². The van der Waals surface area contributed by atoms with Gasteiger partial charge in [-0.1, -0.05) is 36.9 Å². The van der Waals surface area contributed by atoms with E-state index >= 15 is 0 Å². The van der Waals surface area contributed by atoms with Crippen LogP contribution in [0.15, 0.2) is 30.8 Å². The number of hydrogen-bond donors (Lipinski definition) is 0. The van der Waals surface area contributed by atoms with Gasteiger partial charge in [0.1, 0.15) is 8.83 Å². The van der Waals surface area contributed by atoms with Gasteiger partial charge >= 0.3 is 0 Å². The molecule has 0 saturated carbocycles. The highest BCUT2D eigenvalue weighted by molar-refractivity contribution is 6.93. The van der Waals surface area contributed by atoms with Gasteiger partial charge in [0.05, 0.1) is 0 Å². The van der Waals surface area contributed by atoms with Crippen molar-refractivity contribution in [3.63, 3.8) is 0 Å². The van der Waals surface area contributed by atoms with Crippen LogP contribution in [0.4, 0.5) is 0 Å². The van der Waals surface area contributed by atoms with E-state index in [-0.39, 0.29) is 8.83 Å². The number of benzene rings is 1. The first-order valence-corrected chi connectivity index (χ1v) is 6.78. The molecule has 1 rings (SSSR count). The third-order valence-electron chi connectivity index (χ3n) is 1.60. The van der Waals surface area contributed by atoms with Crippen LogP contribution >= 0.6 is 11.1 Å². The van der Waals surface area contributed by atoms with Crippen molar-refractivity contribution in [2.45, 2.75) is 6.04 Å². The minimum absolute atomic E-state index is 0.356. The number of rotatable bonds is 3. The summed E-state index contributed by atoms with van der Waals surface area (Å²) in [5, 5.41) is 0. The van der Waals surface area contributed by atoms with Crippen LogP contribution in [0, 0.1) is 0 Å². The molecule has 0 radical (unpaired) electrons. The van der Waals surface area contributed by atoms with Crippen molar-refractivity contribution in [2.75, 3.05) is 0 Å². The van der Waals surface area contributed by atoms with Gasteiger partial charge in [-0.25, -0.2) is 0 Å². The quantitative estimate of drug-likeness (QED) is 0.497. The second-order valence-electron chi connectivity index (χ2n) is 2.38. The molecule has 0 aromatic heterocycles. The molecule has 0 fully saturated rings. The molecular formula is C9H11ClSi. The van der Waals surface area contributed by atoms with Crippen LogP contribution in [0.1, 0.15) is 11.1 Å². The van der Waals surface area contributed by atoms with Crippen LogP contribution in [0.2, 0.25) is 0 Å². The standard InChI is InChI=1S/C9H11ClSi/c1-2-8-3-5-9(6-4-8)7-11-10/h2-6H,1,7,11H2. The summed E-state index contributed by atoms with van der Waals surface area (Å²) in [5.74, 6) is 0. The van der Waals surface area contributed by atoms with Gasteiger partial charge < -0.3 is 0 Å². The minimum atomic E-state index is -0.356. The first-order valence-electron chi connectivity index (χ1n) is 3.64. The van der Waals surface area contributed by atoms with Crippen LogP contribution in [0.5, 0.6) is 0 Å². The van der Waals surface area contributed by atoms with Crippen LogP contribution in [0.25, 0.3) is 6.08 Å². The fourth-order valence-electron chi connectivity index (χ4n) is 0.929. The minimum Gasteiger partial charge on any atom is -0.176 e. The van der Waals surface area contributed by atoms with Crippen molar-refractivity contribution in [3.8, 4) is 0 Å². The van der Waals surface area contributed by atoms with Gasteiger partial charge in [0.2, 0.25) is 0 Å². The van der Waals surface area contributed by atoms with Crippen LogP contribution in [-0.4, -0.2) is 8.83 Å². The van der Waals surface area contributed by atoms with Gasteiger partial charge in [0.25, 0.3) is 0 Å². The van der Waals surface area contributed by atoms with Crippen molar-refractivity contribution in [2.24, 2.45) is 0 Å². The van der Waals surface area contributed by atoms with Crippen LogP contribution in [-0.2, 0) is 6.04 Å². The molecular weight excluding hydrogens is 172 g/mol. The van der Waals surface area contributed by atoms with Crippen molar-refractivity contribution in [1.29, 1.82) is 0 Å². The monoisotopic (exact) mass is 182 g/mol. The lowest BCUT2D eigenvalue weighted by molar-refractivity contribution is 1.39. The molecule has 0 bridgehead atoms. The summed E-state index contributed by atoms with van der Waals surface area (Å²) in [5.41, 5.74) is 2.52. The zero-order valence-electron chi connectivity index (χ0n) is 6.39. The van der Waals surface area contributed by atoms with Gasteiger partial charge in [-0.15, -0.1) is 0 Å². The van der Waals surface area contributed by atoms with E-state index in [1.807, 2.05) is 6.08 Å². The summed E-state index contributed by atoms with van der Waals surface area (Å²) in [6.45, 7) is 3.69. The fraction of sp³-hybridized carbons (Fsp3) is 0.111. The second-order valence-corrected chi connectivity index (χ2v) is 4.40. The molecule has 2 heteroatoms. The lowest BCUT2D eigenvalue weighted by Gasteiger charge is -1.96. The fourth-order valence-corrected chi connectivity index (χ4v) is 2.14. The molecule has 0 aliphatic rings. The molecule has 0 saturated heterocycles. The Morgan fingerprint density at radius 2 is 2.00 bits per heavy atom. The summed E-state index contributed by atoms with van der Waals surface area (Å²) < 4.78 is 0. The van der Waals surface area contributed by atoms with E-state index in [2.05, 4.69) is 30.8 Å². The Morgan fingerprint density at radius 1 is 1.36 bits per heavy atom. The molecule has 1 aromatic carbocycles. The van der Waals surface area contributed by atoms with Gasteiger partial charge in [0, 0.05) is 0 Å². The zero-order chi connectivity index (χ0) is 8.10. The number of hydrogen-bond acceptors (Lipinski definition) is 0. The smallest absolute Gasteiger partial charge is 0.129 e. The van der Waals surface area contributed by atoms with Crippen LogP contribution < -0.4 is 0 Å². The lowest BCUT2D eigenvalue weighted by Crippen LogP contribution is -1.87. The Labute approximate surface area is 74.4 Å². The van der Waals surface area contributed by atoms with E-state index in [1.54, 1.807) is 0 Å². The molecule has 0 unspecified atom stereocenters. The summed E-state index contributed by atoms with van der Waals surface area (Å²) >= 11 is 5.73. The predicted molar refractivity (Wildman–Crippen MR) is 54.6 cm³/mol. The van der Waals surface area contributed by atoms with Crippen molar-refractivity contribution in [1.82, 2.24) is 0 Å². The second kappa shape index (κ2) is 4.37. The maximum Gasteiger partial charge on any atom is 0.129 e. The largest absolute Gasteiger partial charge is 0.176 e. The molecule has 11 heavy (non-hydrogen) atoms. The van der Waals surface area contributed by atoms with Crippen molar-refractivity contribution in [3.05, 3.63) is 42.0 Å². The van der Waals surface area contributed by atoms with E-state index < -0.39 is 0 Å². The van der Waals surface area contributed by atoms with Crippen molar-refractivity contribution >= 4 is 26.0 Å². The average molecular weight is 183 g/mol. The van der Waals surface area contributed by atoms with E-state index in [0.717, 1.165) is 6.04 Å². The van der Waals surface area contributed by atoms with Crippen LogP contribution in [0.3, 0.4) is 0 Å². The third kappa shape index (κ3) is 2.52. The maximum absolute atomic E-state index is 5.73. The zero-order valence-corrected chi connectivity index (χ0v) is 8.56. The summed E-state index contributed by atoms with van der Waals surface area (Å²) in [6.07, 6.45) is 1.85. The topological polar surface area (TPSA) is 0 Å². The van der Waals surface area contributed by atoms with E-state index in [0.29, 0.717) is 0 Å². The molecule has 1 aromatic rings. The highest BCUT2D eigenvalue weighted by Crippen LogP contribution is 2.05. The molecule has 0 N–H and O–H groups in total. The first kappa shape index (κ1) is 8.56. The van der Waals surface area contributed by atoms with Gasteiger partial charge in [-0.2, -0.15) is 11.1 Å². The Morgan fingerprint density at radius 3 is 2.45 bits per heavy atom. The first-order chi connectivity index (χ1) is 5.36. The highest BCUT2D eigenvalue weighted by Gasteiger charge is 1.90. The van der Waals surface area contributed by atoms with Gasteiger partial charge in [-0.05, 0) is 17.2 Å². The Balaban J connectivity index is 2.74. The molecule has 58 valence electrons. The average Bonchev–Trinajstić information content (AvgIpc) is 2.07. The van der Waals surface area contributed by atoms with E-state index in [9.17, 15) is 0 Å². The van der Waals surface area contributed by atoms with E-state index in [4.69, 9.17) is 11.1 Å². The number of halogens is 1. The molecule has 0 atom stereocenters. The van der Waals surface area contributed by atoms with Gasteiger partial charge in [-0.3, -0.25) is 0 Å². The molecule has 0 nitrogen and oxygen atoms in total. The molecule has 0 heterocycles. The molecule has 0 amide bonds. The lowest BCUT2D eigenvalue weighted by atomic mass is 10.1. The molecule has 0 aliphatic carbocycles. The van der Waals surface area contributed by atoms with Crippen molar-refractivity contribution < 1.29 is 0 Å². The Bertz CT molecular complexity index is 228. The Hall–Kier alpha value is -0.533. The maximum atomic E-state index is 5.73. The summed E-state index contributed by atoms with van der Waals surface area (Å²) in [7, 11) is -0.356. The third-order valence-corrected chi connectivity index (χ3v) is 2.93. The summed E-state index contributed by atoms with van der Waals surface area (Å²) in [4.78, 5) is 0. The predicted octanol–water partition coefficient (Wildman–Crippen LogP) is 2.15. The Kier molecular flexibility index (Phi) is 3.40. The molecule has 0 aliphatic heterocycles. The highest BCUT2D eigenvalue weighted by atomic mass is 35.6. The molecule has 0 spiro atoms. The normalized spacial score (nSPS) is 10.6. The SMILES string of the molecule is C=Cc1ccc(C[SiH2]Cl)cc1. The summed E-state index contributed by atoms with van der Waals surface area (Å²) in [6, 6.07) is 9.46.